The molecule has 0 fully saturated rings. The molecule has 1 heterocycles. The molecule has 0 aliphatic heterocycles. The Morgan fingerprint density at radius 1 is 1.29 bits per heavy atom. The smallest absolute Gasteiger partial charge is 0.328 e. The molecule has 0 atom stereocenters. The van der Waals surface area contributed by atoms with Gasteiger partial charge >= 0.3 is 5.97 Å². The van der Waals surface area contributed by atoms with Gasteiger partial charge in [-0.3, -0.25) is 0 Å². The van der Waals surface area contributed by atoms with Crippen molar-refractivity contribution in [2.45, 2.75) is 0 Å². The molecule has 0 aliphatic carbocycles. The molecular weight excluding hydrogens is 288 g/mol. The number of hydrogen-bond donors (Lipinski definition) is 1. The van der Waals surface area contributed by atoms with Crippen molar-refractivity contribution < 1.29 is 14.3 Å². The maximum Gasteiger partial charge on any atom is 0.328 e. The molecule has 17 heavy (non-hydrogen) atoms. The molecule has 0 saturated heterocycles. The van der Waals surface area contributed by atoms with Crippen molar-refractivity contribution in [3.05, 3.63) is 40.7 Å². The normalized spacial score (nSPS) is 10.9. The molecule has 0 bridgehead atoms. The van der Waals surface area contributed by atoms with E-state index in [0.717, 1.165) is 16.1 Å². The van der Waals surface area contributed by atoms with Gasteiger partial charge in [0.25, 0.3) is 0 Å². The fraction of sp³-hybridized carbons (Fsp3) is 0. The summed E-state index contributed by atoms with van der Waals surface area (Å²) in [6.45, 7) is 0. The van der Waals surface area contributed by atoms with Gasteiger partial charge in [-0.2, -0.15) is 0 Å². The first-order valence-corrected chi connectivity index (χ1v) is 5.45. The minimum Gasteiger partial charge on any atom is -0.478 e. The van der Waals surface area contributed by atoms with Crippen LogP contribution in [0, 0.1) is 0 Å². The molecule has 86 valence electrons. The third kappa shape index (κ3) is 3.01. The number of aromatic nitrogens is 2. The second-order valence-corrected chi connectivity index (χ2v) is 4.04. The molecule has 0 radical (unpaired) electrons. The fourth-order valence-electron chi connectivity index (χ4n) is 1.15. The summed E-state index contributed by atoms with van der Waals surface area (Å²) in [5, 5.41) is 16.0. The number of benzene rings is 1. The van der Waals surface area contributed by atoms with E-state index in [1.165, 1.54) is 6.08 Å². The molecule has 6 heteroatoms. The first kappa shape index (κ1) is 11.5. The second-order valence-electron chi connectivity index (χ2n) is 3.12. The summed E-state index contributed by atoms with van der Waals surface area (Å²) in [7, 11) is 0. The Bertz CT molecular complexity index is 560. The summed E-state index contributed by atoms with van der Waals surface area (Å²) in [4.78, 5) is 10.3. The Labute approximate surface area is 105 Å². The van der Waals surface area contributed by atoms with Crippen LogP contribution in [0.5, 0.6) is 0 Å². The van der Waals surface area contributed by atoms with Crippen LogP contribution in [-0.2, 0) is 4.79 Å². The highest BCUT2D eigenvalue weighted by atomic mass is 79.9. The average molecular weight is 295 g/mol. The lowest BCUT2D eigenvalue weighted by Crippen LogP contribution is -1.85. The first-order valence-electron chi connectivity index (χ1n) is 4.65. The topological polar surface area (TPSA) is 76.2 Å². The van der Waals surface area contributed by atoms with Gasteiger partial charge in [-0.25, -0.2) is 4.79 Å². The van der Waals surface area contributed by atoms with E-state index in [4.69, 9.17) is 9.52 Å². The van der Waals surface area contributed by atoms with Gasteiger partial charge in [-0.05, 0) is 24.3 Å². The van der Waals surface area contributed by atoms with Crippen LogP contribution in [0.2, 0.25) is 0 Å². The number of nitrogens with zero attached hydrogens (tertiary/aromatic N) is 2. The van der Waals surface area contributed by atoms with E-state index < -0.39 is 5.97 Å². The zero-order valence-corrected chi connectivity index (χ0v) is 10.1. The molecule has 1 aromatic carbocycles. The highest BCUT2D eigenvalue weighted by molar-refractivity contribution is 9.10. The zero-order valence-electron chi connectivity index (χ0n) is 8.50. The molecule has 1 N–H and O–H groups in total. The van der Waals surface area contributed by atoms with E-state index in [0.29, 0.717) is 5.89 Å². The van der Waals surface area contributed by atoms with E-state index in [-0.39, 0.29) is 5.89 Å². The van der Waals surface area contributed by atoms with Crippen LogP contribution < -0.4 is 0 Å². The van der Waals surface area contributed by atoms with Crippen LogP contribution in [0.15, 0.2) is 39.2 Å². The second kappa shape index (κ2) is 4.92. The number of carboxylic acid groups (broad SMARTS) is 1. The lowest BCUT2D eigenvalue weighted by atomic mass is 10.2. The van der Waals surface area contributed by atoms with E-state index in [9.17, 15) is 4.79 Å². The first-order chi connectivity index (χ1) is 8.15. The van der Waals surface area contributed by atoms with Gasteiger partial charge < -0.3 is 9.52 Å². The molecule has 0 amide bonds. The quantitative estimate of drug-likeness (QED) is 0.881. The predicted molar refractivity (Wildman–Crippen MR) is 64.1 cm³/mol. The maximum atomic E-state index is 10.3. The molecule has 0 spiro atoms. The third-order valence-electron chi connectivity index (χ3n) is 1.90. The standard InChI is InChI=1S/C11H7BrN2O3/c12-8-3-1-7(2-4-8)11-14-13-9(17-11)5-6-10(15)16/h1-6H,(H,15,16)/b6-5-. The van der Waals surface area contributed by atoms with Gasteiger partial charge in [0.2, 0.25) is 11.8 Å². The van der Waals surface area contributed by atoms with Crippen molar-refractivity contribution in [2.75, 3.05) is 0 Å². The van der Waals surface area contributed by atoms with Gasteiger partial charge in [0.05, 0.1) is 0 Å². The number of hydrogen-bond acceptors (Lipinski definition) is 4. The van der Waals surface area contributed by atoms with Gasteiger partial charge in [-0.1, -0.05) is 15.9 Å². The van der Waals surface area contributed by atoms with Crippen molar-refractivity contribution in [3.63, 3.8) is 0 Å². The number of carboxylic acids is 1. The Morgan fingerprint density at radius 3 is 2.65 bits per heavy atom. The van der Waals surface area contributed by atoms with E-state index in [1.807, 2.05) is 24.3 Å². The number of rotatable bonds is 3. The molecule has 0 unspecified atom stereocenters. The van der Waals surface area contributed by atoms with Crippen molar-refractivity contribution in [2.24, 2.45) is 0 Å². The molecule has 5 nitrogen and oxygen atoms in total. The van der Waals surface area contributed by atoms with Crippen molar-refractivity contribution in [1.29, 1.82) is 0 Å². The zero-order chi connectivity index (χ0) is 12.3. The molecule has 0 aliphatic rings. The van der Waals surface area contributed by atoms with Crippen LogP contribution in [0.3, 0.4) is 0 Å². The Morgan fingerprint density at radius 2 is 2.00 bits per heavy atom. The van der Waals surface area contributed by atoms with E-state index in [1.54, 1.807) is 0 Å². The monoisotopic (exact) mass is 294 g/mol. The summed E-state index contributed by atoms with van der Waals surface area (Å²) in [6, 6.07) is 7.35. The largest absolute Gasteiger partial charge is 0.478 e. The van der Waals surface area contributed by atoms with E-state index >= 15 is 0 Å². The minimum absolute atomic E-state index is 0.158. The summed E-state index contributed by atoms with van der Waals surface area (Å²) < 4.78 is 6.22. The number of aliphatic carboxylic acids is 1. The number of carbonyl (C=O) groups is 1. The highest BCUT2D eigenvalue weighted by Crippen LogP contribution is 2.20. The molecule has 2 aromatic rings. The SMILES string of the molecule is O=C(O)/C=C\c1nnc(-c2ccc(Br)cc2)o1. The number of halogens is 1. The average Bonchev–Trinajstić information content (AvgIpc) is 2.76. The fourth-order valence-corrected chi connectivity index (χ4v) is 1.42. The van der Waals surface area contributed by atoms with Crippen LogP contribution >= 0.6 is 15.9 Å². The summed E-state index contributed by atoms with van der Waals surface area (Å²) >= 11 is 3.32. The van der Waals surface area contributed by atoms with Crippen molar-refractivity contribution in [1.82, 2.24) is 10.2 Å². The molecule has 1 aromatic heterocycles. The maximum absolute atomic E-state index is 10.3. The van der Waals surface area contributed by atoms with Crippen LogP contribution in [0.4, 0.5) is 0 Å². The van der Waals surface area contributed by atoms with Crippen LogP contribution in [0.25, 0.3) is 17.5 Å². The van der Waals surface area contributed by atoms with Crippen molar-refractivity contribution >= 4 is 28.0 Å². The summed E-state index contributed by atoms with van der Waals surface area (Å²) in [6.07, 6.45) is 2.19. The van der Waals surface area contributed by atoms with Gasteiger partial charge in [0.1, 0.15) is 0 Å². The van der Waals surface area contributed by atoms with E-state index in [2.05, 4.69) is 26.1 Å². The summed E-state index contributed by atoms with van der Waals surface area (Å²) in [5.74, 6) is -0.554. The molecular formula is C11H7BrN2O3. The van der Waals surface area contributed by atoms with Crippen LogP contribution in [-0.4, -0.2) is 21.3 Å². The van der Waals surface area contributed by atoms with Gasteiger partial charge in [0, 0.05) is 22.2 Å². The molecule has 2 rings (SSSR count). The third-order valence-corrected chi connectivity index (χ3v) is 2.43. The molecule has 0 saturated carbocycles. The predicted octanol–water partition coefficient (Wildman–Crippen LogP) is 2.60. The van der Waals surface area contributed by atoms with Gasteiger partial charge in [-0.15, -0.1) is 10.2 Å². The lowest BCUT2D eigenvalue weighted by Gasteiger charge is -1.93. The lowest BCUT2D eigenvalue weighted by molar-refractivity contribution is -0.131. The summed E-state index contributed by atoms with van der Waals surface area (Å²) in [5.41, 5.74) is 0.774. The van der Waals surface area contributed by atoms with Crippen LogP contribution in [0.1, 0.15) is 5.89 Å². The van der Waals surface area contributed by atoms with Gasteiger partial charge in [0.15, 0.2) is 0 Å². The minimum atomic E-state index is -1.06. The Hall–Kier alpha value is -1.95. The van der Waals surface area contributed by atoms with Crippen molar-refractivity contribution in [3.8, 4) is 11.5 Å². The Balaban J connectivity index is 2.23. The highest BCUT2D eigenvalue weighted by Gasteiger charge is 2.06. The Kier molecular flexibility index (Phi) is 3.34.